The van der Waals surface area contributed by atoms with Gasteiger partial charge in [-0.1, -0.05) is 36.4 Å². The highest BCUT2D eigenvalue weighted by atomic mass is 32.2. The van der Waals surface area contributed by atoms with E-state index in [2.05, 4.69) is 9.44 Å². The van der Waals surface area contributed by atoms with E-state index < -0.39 is 21.6 Å². The summed E-state index contributed by atoms with van der Waals surface area (Å²) in [5.74, 6) is -0.741. The van der Waals surface area contributed by atoms with Gasteiger partial charge in [0.1, 0.15) is 6.07 Å². The first-order valence-corrected chi connectivity index (χ1v) is 6.88. The minimum atomic E-state index is -3.84. The monoisotopic (exact) mass is 278 g/mol. The van der Waals surface area contributed by atoms with E-state index in [1.807, 2.05) is 6.07 Å². The number of hydrogen-bond donors (Lipinski definition) is 0. The van der Waals surface area contributed by atoms with Crippen LogP contribution in [0.15, 0.2) is 41.6 Å². The lowest BCUT2D eigenvalue weighted by molar-refractivity contribution is -0.108. The minimum absolute atomic E-state index is 0.641. The van der Waals surface area contributed by atoms with Crippen LogP contribution in [0.25, 0.3) is 6.08 Å². The lowest BCUT2D eigenvalue weighted by Crippen LogP contribution is -2.10. The van der Waals surface area contributed by atoms with Crippen molar-refractivity contribution in [1.82, 2.24) is 0 Å². The molecule has 0 bridgehead atoms. The molecule has 1 aromatic rings. The summed E-state index contributed by atoms with van der Waals surface area (Å²) >= 11 is 0. The quantitative estimate of drug-likeness (QED) is 0.457. The largest absolute Gasteiger partial charge is 0.325 e. The van der Waals surface area contributed by atoms with Gasteiger partial charge in [0.2, 0.25) is 11.5 Å². The van der Waals surface area contributed by atoms with Crippen molar-refractivity contribution in [2.75, 3.05) is 6.26 Å². The van der Waals surface area contributed by atoms with E-state index in [9.17, 15) is 13.2 Å². The van der Waals surface area contributed by atoms with Crippen molar-refractivity contribution in [1.29, 1.82) is 5.26 Å². The molecule has 0 atom stereocenters. The van der Waals surface area contributed by atoms with Gasteiger partial charge in [-0.25, -0.2) is 0 Å². The first-order chi connectivity index (χ1) is 8.92. The maximum Gasteiger partial charge on any atom is 0.325 e. The number of nitrogens with zero attached hydrogens (tertiary/aromatic N) is 2. The molecule has 98 valence electrons. The molecule has 0 aliphatic rings. The maximum absolute atomic E-state index is 11.5. The molecule has 0 amide bonds. The molecule has 0 fully saturated rings. The summed E-state index contributed by atoms with van der Waals surface area (Å²) in [7, 11) is -3.84. The lowest BCUT2D eigenvalue weighted by atomic mass is 10.1. The van der Waals surface area contributed by atoms with Gasteiger partial charge in [-0.05, 0) is 16.8 Å². The number of ketones is 1. The Bertz CT molecular complexity index is 655. The molecule has 0 N–H and O–H groups in total. The van der Waals surface area contributed by atoms with Gasteiger partial charge < -0.3 is 0 Å². The zero-order chi connectivity index (χ0) is 14.3. The molecule has 0 saturated carbocycles. The first kappa shape index (κ1) is 14.6. The molecular formula is C12H10N2O4S. The molecule has 1 aromatic carbocycles. The van der Waals surface area contributed by atoms with Crippen molar-refractivity contribution >= 4 is 27.7 Å². The second kappa shape index (κ2) is 6.47. The molecule has 0 spiro atoms. The van der Waals surface area contributed by atoms with Crippen LogP contribution >= 0.6 is 0 Å². The Hall–Kier alpha value is -2.46. The summed E-state index contributed by atoms with van der Waals surface area (Å²) in [4.78, 5) is 11.5. The van der Waals surface area contributed by atoms with E-state index in [0.29, 0.717) is 0 Å². The molecule has 19 heavy (non-hydrogen) atoms. The average molecular weight is 278 g/mol. The summed E-state index contributed by atoms with van der Waals surface area (Å²) < 4.78 is 25.4. The SMILES string of the molecule is CS(=O)(=O)O/N=C(\C#N)C(=O)/C=C/c1ccccc1. The molecule has 0 saturated heterocycles. The molecule has 0 radical (unpaired) electrons. The van der Waals surface area contributed by atoms with E-state index in [0.717, 1.165) is 17.9 Å². The number of rotatable bonds is 5. The fraction of sp³-hybridized carbons (Fsp3) is 0.0833. The first-order valence-electron chi connectivity index (χ1n) is 5.06. The van der Waals surface area contributed by atoms with Crippen LogP contribution in [0, 0.1) is 11.3 Å². The second-order valence-electron chi connectivity index (χ2n) is 3.44. The number of benzene rings is 1. The van der Waals surface area contributed by atoms with Crippen LogP contribution in [0.3, 0.4) is 0 Å². The number of hydrogen-bond acceptors (Lipinski definition) is 6. The van der Waals surface area contributed by atoms with Crippen LogP contribution in [0.4, 0.5) is 0 Å². The molecular weight excluding hydrogens is 268 g/mol. The Kier molecular flexibility index (Phi) is 4.97. The summed E-state index contributed by atoms with van der Waals surface area (Å²) in [5, 5.41) is 11.7. The van der Waals surface area contributed by atoms with Gasteiger partial charge in [0.25, 0.3) is 0 Å². The van der Waals surface area contributed by atoms with Crippen LogP contribution in [0.2, 0.25) is 0 Å². The third kappa shape index (κ3) is 5.61. The van der Waals surface area contributed by atoms with Gasteiger partial charge in [0, 0.05) is 0 Å². The zero-order valence-corrected chi connectivity index (χ0v) is 10.8. The van der Waals surface area contributed by atoms with Gasteiger partial charge in [-0.3, -0.25) is 9.08 Å². The van der Waals surface area contributed by atoms with Crippen LogP contribution in [-0.2, 0) is 19.2 Å². The van der Waals surface area contributed by atoms with Crippen molar-refractivity contribution in [2.24, 2.45) is 5.16 Å². The number of carbonyl (C=O) groups is 1. The normalized spacial score (nSPS) is 12.1. The van der Waals surface area contributed by atoms with Crippen LogP contribution in [-0.4, -0.2) is 26.2 Å². The predicted molar refractivity (Wildman–Crippen MR) is 69.5 cm³/mol. The van der Waals surface area contributed by atoms with Crippen molar-refractivity contribution < 1.29 is 17.5 Å². The summed E-state index contributed by atoms with van der Waals surface area (Å²) in [6.07, 6.45) is 3.36. The average Bonchev–Trinajstić information content (AvgIpc) is 2.37. The highest BCUT2D eigenvalue weighted by Crippen LogP contribution is 2.01. The van der Waals surface area contributed by atoms with Crippen LogP contribution in [0.1, 0.15) is 5.56 Å². The molecule has 0 aliphatic heterocycles. The van der Waals surface area contributed by atoms with Gasteiger partial charge in [0.15, 0.2) is 0 Å². The fourth-order valence-electron chi connectivity index (χ4n) is 1.04. The number of oxime groups is 1. The third-order valence-corrected chi connectivity index (χ3v) is 2.18. The number of nitriles is 1. The van der Waals surface area contributed by atoms with E-state index >= 15 is 0 Å². The Morgan fingerprint density at radius 1 is 1.37 bits per heavy atom. The molecule has 0 aliphatic carbocycles. The highest BCUT2D eigenvalue weighted by molar-refractivity contribution is 7.85. The second-order valence-corrected chi connectivity index (χ2v) is 5.00. The molecule has 6 nitrogen and oxygen atoms in total. The van der Waals surface area contributed by atoms with E-state index in [1.165, 1.54) is 12.1 Å². The Morgan fingerprint density at radius 3 is 2.53 bits per heavy atom. The third-order valence-electron chi connectivity index (χ3n) is 1.83. The zero-order valence-electron chi connectivity index (χ0n) is 9.98. The topological polar surface area (TPSA) is 96.6 Å². The van der Waals surface area contributed by atoms with Crippen molar-refractivity contribution in [3.05, 3.63) is 42.0 Å². The summed E-state index contributed by atoms with van der Waals surface area (Å²) in [6, 6.07) is 10.4. The standard InChI is InChI=1S/C12H10N2O4S/c1-19(16,17)18-14-11(9-13)12(15)8-7-10-5-3-2-4-6-10/h2-8H,1H3/b8-7+,14-11+. The van der Waals surface area contributed by atoms with E-state index in [4.69, 9.17) is 5.26 Å². The fourth-order valence-corrected chi connectivity index (χ4v) is 1.25. The lowest BCUT2D eigenvalue weighted by Gasteiger charge is -1.94. The number of carbonyl (C=O) groups excluding carboxylic acids is 1. The van der Waals surface area contributed by atoms with Gasteiger partial charge in [-0.2, -0.15) is 13.7 Å². The van der Waals surface area contributed by atoms with Crippen LogP contribution in [0.5, 0.6) is 0 Å². The Labute approximate surface area is 110 Å². The van der Waals surface area contributed by atoms with E-state index in [1.54, 1.807) is 24.3 Å². The molecule has 0 unspecified atom stereocenters. The Balaban J connectivity index is 2.82. The molecule has 7 heteroatoms. The summed E-state index contributed by atoms with van der Waals surface area (Å²) in [5.41, 5.74) is 0.120. The van der Waals surface area contributed by atoms with Crippen LogP contribution < -0.4 is 0 Å². The Morgan fingerprint density at radius 2 is 2.00 bits per heavy atom. The predicted octanol–water partition coefficient (Wildman–Crippen LogP) is 1.12. The van der Waals surface area contributed by atoms with Gasteiger partial charge in [0.05, 0.1) is 6.26 Å². The van der Waals surface area contributed by atoms with Gasteiger partial charge >= 0.3 is 10.1 Å². The molecule has 0 aromatic heterocycles. The molecule has 0 heterocycles. The smallest absolute Gasteiger partial charge is 0.287 e. The van der Waals surface area contributed by atoms with Crippen molar-refractivity contribution in [3.63, 3.8) is 0 Å². The number of allylic oxidation sites excluding steroid dienone is 1. The van der Waals surface area contributed by atoms with Crippen molar-refractivity contribution in [3.8, 4) is 6.07 Å². The molecule has 1 rings (SSSR count). The highest BCUT2D eigenvalue weighted by Gasteiger charge is 2.10. The van der Waals surface area contributed by atoms with Gasteiger partial charge in [-0.15, -0.1) is 0 Å². The maximum atomic E-state index is 11.5. The van der Waals surface area contributed by atoms with Crippen molar-refractivity contribution in [2.45, 2.75) is 0 Å². The van der Waals surface area contributed by atoms with E-state index in [-0.39, 0.29) is 0 Å². The minimum Gasteiger partial charge on any atom is -0.287 e. The summed E-state index contributed by atoms with van der Waals surface area (Å²) in [6.45, 7) is 0.